The van der Waals surface area contributed by atoms with Gasteiger partial charge in [-0.2, -0.15) is 5.26 Å². The summed E-state index contributed by atoms with van der Waals surface area (Å²) in [5.74, 6) is -0.455. The van der Waals surface area contributed by atoms with Crippen LogP contribution in [0.4, 0.5) is 5.00 Å². The average Bonchev–Trinajstić information content (AvgIpc) is 3.08. The number of nitrogens with one attached hydrogen (secondary N) is 1. The Hall–Kier alpha value is -1.71. The molecule has 1 aromatic heterocycles. The highest BCUT2D eigenvalue weighted by Gasteiger charge is 2.60. The fourth-order valence-corrected chi connectivity index (χ4v) is 4.25. The van der Waals surface area contributed by atoms with E-state index in [0.717, 1.165) is 30.0 Å². The van der Waals surface area contributed by atoms with Crippen LogP contribution < -0.4 is 10.2 Å². The van der Waals surface area contributed by atoms with Gasteiger partial charge in [-0.1, -0.05) is 0 Å². The molecule has 1 aliphatic carbocycles. The molecule has 2 amide bonds. The van der Waals surface area contributed by atoms with Crippen LogP contribution in [0.15, 0.2) is 0 Å². The summed E-state index contributed by atoms with van der Waals surface area (Å²) in [5.41, 5.74) is 1.55. The van der Waals surface area contributed by atoms with Crippen molar-refractivity contribution < 1.29 is 9.59 Å². The summed E-state index contributed by atoms with van der Waals surface area (Å²) in [6, 6.07) is 2.19. The van der Waals surface area contributed by atoms with Gasteiger partial charge in [-0.3, -0.25) is 9.59 Å². The Labute approximate surface area is 113 Å². The van der Waals surface area contributed by atoms with Crippen molar-refractivity contribution >= 4 is 28.2 Å². The van der Waals surface area contributed by atoms with E-state index in [4.69, 9.17) is 0 Å². The smallest absolute Gasteiger partial charge is 0.238 e. The minimum Gasteiger partial charge on any atom is -0.312 e. The van der Waals surface area contributed by atoms with Gasteiger partial charge in [0, 0.05) is 11.4 Å². The number of amides is 2. The van der Waals surface area contributed by atoms with Gasteiger partial charge in [-0.05, 0) is 24.9 Å². The molecule has 1 N–H and O–H groups in total. The largest absolute Gasteiger partial charge is 0.312 e. The number of carbonyl (C=O) groups is 2. The molecular formula is C13H11N3O2S. The molecule has 0 bridgehead atoms. The maximum absolute atomic E-state index is 12.1. The van der Waals surface area contributed by atoms with E-state index in [-0.39, 0.29) is 23.7 Å². The number of carbonyl (C=O) groups excluding carboxylic acids is 2. The summed E-state index contributed by atoms with van der Waals surface area (Å²) in [6.45, 7) is 1.56. The Balaban J connectivity index is 1.84. The molecule has 4 rings (SSSR count). The minimum atomic E-state index is -0.115. The van der Waals surface area contributed by atoms with Crippen LogP contribution in [0.1, 0.15) is 22.4 Å². The summed E-state index contributed by atoms with van der Waals surface area (Å²) >= 11 is 1.41. The lowest BCUT2D eigenvalue weighted by Crippen LogP contribution is -2.32. The number of rotatable bonds is 1. The lowest BCUT2D eigenvalue weighted by Gasteiger charge is -2.14. The number of hydrogen-bond donors (Lipinski definition) is 1. The standard InChI is InChI=1S/C13H11N3O2S/c14-4-9-6-1-2-15-5-10(6)19-13(9)16-11(17)7-3-8(7)12(16)18/h7-8,15H,1-3,5H2. The number of thiophene rings is 1. The molecule has 3 aliphatic rings. The van der Waals surface area contributed by atoms with Crippen molar-refractivity contribution in [1.82, 2.24) is 5.32 Å². The normalized spacial score (nSPS) is 28.1. The zero-order valence-corrected chi connectivity index (χ0v) is 10.9. The van der Waals surface area contributed by atoms with Crippen molar-refractivity contribution in [2.24, 2.45) is 11.8 Å². The average molecular weight is 273 g/mol. The first-order valence-electron chi connectivity index (χ1n) is 6.35. The number of fused-ring (bicyclic) bond motifs is 2. The van der Waals surface area contributed by atoms with Gasteiger partial charge >= 0.3 is 0 Å². The quantitative estimate of drug-likeness (QED) is 0.767. The van der Waals surface area contributed by atoms with Crippen LogP contribution in [0, 0.1) is 23.2 Å². The van der Waals surface area contributed by atoms with Gasteiger partial charge < -0.3 is 5.32 Å². The SMILES string of the molecule is N#Cc1c(N2C(=O)C3CC3C2=O)sc2c1CCNC2. The van der Waals surface area contributed by atoms with E-state index < -0.39 is 0 Å². The van der Waals surface area contributed by atoms with E-state index >= 15 is 0 Å². The second-order valence-corrected chi connectivity index (χ2v) is 6.27. The summed E-state index contributed by atoms with van der Waals surface area (Å²) in [7, 11) is 0. The van der Waals surface area contributed by atoms with Crippen molar-refractivity contribution in [2.45, 2.75) is 19.4 Å². The van der Waals surface area contributed by atoms with Gasteiger partial charge in [-0.25, -0.2) is 4.90 Å². The van der Waals surface area contributed by atoms with E-state index in [0.29, 0.717) is 17.0 Å². The highest BCUT2D eigenvalue weighted by molar-refractivity contribution is 7.17. The maximum Gasteiger partial charge on any atom is 0.238 e. The highest BCUT2D eigenvalue weighted by atomic mass is 32.1. The van der Waals surface area contributed by atoms with Gasteiger partial charge in [0.1, 0.15) is 11.1 Å². The number of nitrogens with zero attached hydrogens (tertiary/aromatic N) is 2. The fourth-order valence-electron chi connectivity index (χ4n) is 2.97. The first-order valence-corrected chi connectivity index (χ1v) is 7.17. The van der Waals surface area contributed by atoms with E-state index in [2.05, 4.69) is 11.4 Å². The third-order valence-corrected chi connectivity index (χ3v) is 5.31. The Kier molecular flexibility index (Phi) is 2.14. The number of anilines is 1. The number of hydrogen-bond acceptors (Lipinski definition) is 5. The van der Waals surface area contributed by atoms with E-state index in [1.807, 2.05) is 0 Å². The highest BCUT2D eigenvalue weighted by Crippen LogP contribution is 2.51. The molecule has 2 aliphatic heterocycles. The zero-order valence-electron chi connectivity index (χ0n) is 10.1. The Morgan fingerprint density at radius 1 is 1.32 bits per heavy atom. The molecule has 2 unspecified atom stereocenters. The summed E-state index contributed by atoms with van der Waals surface area (Å²) in [4.78, 5) is 26.6. The van der Waals surface area contributed by atoms with Crippen LogP contribution in [0.5, 0.6) is 0 Å². The predicted molar refractivity (Wildman–Crippen MR) is 68.5 cm³/mol. The number of imide groups is 1. The molecule has 2 atom stereocenters. The summed E-state index contributed by atoms with van der Waals surface area (Å²) < 4.78 is 0. The Morgan fingerprint density at radius 3 is 2.74 bits per heavy atom. The second kappa shape index (κ2) is 3.65. The van der Waals surface area contributed by atoms with Crippen LogP contribution in [0.3, 0.4) is 0 Å². The lowest BCUT2D eigenvalue weighted by atomic mass is 10.0. The van der Waals surface area contributed by atoms with Crippen molar-refractivity contribution in [3.63, 3.8) is 0 Å². The predicted octanol–water partition coefficient (Wildman–Crippen LogP) is 0.775. The molecule has 0 spiro atoms. The molecule has 1 saturated heterocycles. The summed E-state index contributed by atoms with van der Waals surface area (Å²) in [5, 5.41) is 13.2. The molecular weight excluding hydrogens is 262 g/mol. The molecule has 0 radical (unpaired) electrons. The van der Waals surface area contributed by atoms with Crippen LogP contribution in [-0.2, 0) is 22.6 Å². The Morgan fingerprint density at radius 2 is 2.05 bits per heavy atom. The van der Waals surface area contributed by atoms with Gasteiger partial charge in [-0.15, -0.1) is 11.3 Å². The van der Waals surface area contributed by atoms with E-state index in [9.17, 15) is 14.9 Å². The Bertz CT molecular complexity index is 638. The third-order valence-electron chi connectivity index (χ3n) is 4.09. The van der Waals surface area contributed by atoms with Crippen molar-refractivity contribution in [3.8, 4) is 6.07 Å². The minimum absolute atomic E-state index is 0.113. The van der Waals surface area contributed by atoms with Crippen molar-refractivity contribution in [3.05, 3.63) is 16.0 Å². The van der Waals surface area contributed by atoms with Crippen LogP contribution >= 0.6 is 11.3 Å². The number of piperidine rings is 1. The van der Waals surface area contributed by atoms with Crippen molar-refractivity contribution in [2.75, 3.05) is 11.4 Å². The lowest BCUT2D eigenvalue weighted by molar-refractivity contribution is -0.123. The molecule has 96 valence electrons. The fraction of sp³-hybridized carbons (Fsp3) is 0.462. The van der Waals surface area contributed by atoms with Crippen LogP contribution in [-0.4, -0.2) is 18.4 Å². The van der Waals surface area contributed by atoms with Crippen LogP contribution in [0.25, 0.3) is 0 Å². The number of nitriles is 1. The third kappa shape index (κ3) is 1.37. The first kappa shape index (κ1) is 11.1. The van der Waals surface area contributed by atoms with Gasteiger partial charge in [0.25, 0.3) is 0 Å². The molecule has 19 heavy (non-hydrogen) atoms. The molecule has 6 heteroatoms. The van der Waals surface area contributed by atoms with E-state index in [1.165, 1.54) is 16.2 Å². The molecule has 3 heterocycles. The summed E-state index contributed by atoms with van der Waals surface area (Å²) in [6.07, 6.45) is 1.49. The van der Waals surface area contributed by atoms with Gasteiger partial charge in [0.15, 0.2) is 0 Å². The van der Waals surface area contributed by atoms with E-state index in [1.54, 1.807) is 0 Å². The zero-order chi connectivity index (χ0) is 13.1. The molecule has 1 aromatic rings. The maximum atomic E-state index is 12.1. The first-order chi connectivity index (χ1) is 9.22. The van der Waals surface area contributed by atoms with Crippen molar-refractivity contribution in [1.29, 1.82) is 5.26 Å². The van der Waals surface area contributed by atoms with Gasteiger partial charge in [0.05, 0.1) is 17.4 Å². The molecule has 1 saturated carbocycles. The van der Waals surface area contributed by atoms with Crippen LogP contribution in [0.2, 0.25) is 0 Å². The van der Waals surface area contributed by atoms with Gasteiger partial charge in [0.2, 0.25) is 11.8 Å². The second-order valence-electron chi connectivity index (χ2n) is 5.18. The monoisotopic (exact) mass is 273 g/mol. The topological polar surface area (TPSA) is 73.2 Å². The molecule has 2 fully saturated rings. The molecule has 0 aromatic carbocycles. The molecule has 5 nitrogen and oxygen atoms in total.